The number of rotatable bonds is 5. The van der Waals surface area contributed by atoms with E-state index >= 15 is 0 Å². The summed E-state index contributed by atoms with van der Waals surface area (Å²) in [4.78, 5) is 11.6. The fourth-order valence-corrected chi connectivity index (χ4v) is 1.32. The summed E-state index contributed by atoms with van der Waals surface area (Å²) in [5, 5.41) is 0. The Labute approximate surface area is 96.6 Å². The summed E-state index contributed by atoms with van der Waals surface area (Å²) in [7, 11) is 0. The fourth-order valence-electron chi connectivity index (χ4n) is 1.32. The maximum atomic E-state index is 11.6. The Morgan fingerprint density at radius 2 is 2.00 bits per heavy atom. The summed E-state index contributed by atoms with van der Waals surface area (Å²) in [6.45, 7) is 4.50. The molecule has 1 aromatic carbocycles. The lowest BCUT2D eigenvalue weighted by Crippen LogP contribution is -2.24. The molecule has 0 radical (unpaired) electrons. The molecule has 0 aliphatic rings. The van der Waals surface area contributed by atoms with Gasteiger partial charge in [-0.05, 0) is 18.9 Å². The first-order valence-corrected chi connectivity index (χ1v) is 5.64. The largest absolute Gasteiger partial charge is 0.464 e. The highest BCUT2D eigenvalue weighted by atomic mass is 16.5. The number of hydrogen-bond donors (Lipinski definition) is 1. The molecule has 3 nitrogen and oxygen atoms in total. The van der Waals surface area contributed by atoms with Crippen molar-refractivity contribution >= 4 is 5.97 Å². The first-order valence-electron chi connectivity index (χ1n) is 5.64. The molecule has 0 saturated carbocycles. The number of aryl methyl sites for hydroxylation is 1. The van der Waals surface area contributed by atoms with Crippen LogP contribution in [0.2, 0.25) is 0 Å². The van der Waals surface area contributed by atoms with E-state index < -0.39 is 6.04 Å². The molecule has 3 heteroatoms. The first kappa shape index (κ1) is 12.7. The van der Waals surface area contributed by atoms with Crippen LogP contribution in [0.15, 0.2) is 24.3 Å². The van der Waals surface area contributed by atoms with Gasteiger partial charge in [0, 0.05) is 0 Å². The third-order valence-corrected chi connectivity index (χ3v) is 2.43. The normalized spacial score (nSPS) is 12.2. The van der Waals surface area contributed by atoms with Crippen LogP contribution in [0, 0.1) is 6.92 Å². The zero-order valence-electron chi connectivity index (χ0n) is 9.90. The van der Waals surface area contributed by atoms with Gasteiger partial charge in [-0.15, -0.1) is 0 Å². The first-order chi connectivity index (χ1) is 7.65. The summed E-state index contributed by atoms with van der Waals surface area (Å²) in [5.74, 6) is -0.350. The Kier molecular flexibility index (Phi) is 4.99. The Bertz CT molecular complexity index is 332. The van der Waals surface area contributed by atoms with E-state index in [1.165, 1.54) is 0 Å². The highest BCUT2D eigenvalue weighted by Gasteiger charge is 2.16. The van der Waals surface area contributed by atoms with E-state index in [0.717, 1.165) is 24.0 Å². The lowest BCUT2D eigenvalue weighted by Gasteiger charge is -2.11. The number of carbonyl (C=O) groups is 1. The van der Waals surface area contributed by atoms with Crippen molar-refractivity contribution in [3.05, 3.63) is 35.4 Å². The van der Waals surface area contributed by atoms with Crippen molar-refractivity contribution in [2.75, 3.05) is 6.61 Å². The van der Waals surface area contributed by atoms with Gasteiger partial charge in [0.15, 0.2) is 0 Å². The maximum Gasteiger partial charge on any atom is 0.327 e. The Morgan fingerprint density at radius 3 is 2.56 bits per heavy atom. The summed E-state index contributed by atoms with van der Waals surface area (Å²) in [6.07, 6.45) is 1.89. The minimum atomic E-state index is -0.669. The minimum absolute atomic E-state index is 0.350. The molecule has 1 aromatic rings. The molecule has 0 aliphatic heterocycles. The van der Waals surface area contributed by atoms with Crippen molar-refractivity contribution in [2.24, 2.45) is 5.73 Å². The molecule has 0 spiro atoms. The van der Waals surface area contributed by atoms with Crippen molar-refractivity contribution in [1.82, 2.24) is 0 Å². The molecule has 0 heterocycles. The number of ether oxygens (including phenoxy) is 1. The molecule has 1 atom stereocenters. The molecule has 0 aromatic heterocycles. The summed E-state index contributed by atoms with van der Waals surface area (Å²) < 4.78 is 5.06. The molecular weight excluding hydrogens is 202 g/mol. The van der Waals surface area contributed by atoms with Gasteiger partial charge in [-0.25, -0.2) is 4.79 Å². The molecule has 88 valence electrons. The number of nitrogens with two attached hydrogens (primary N) is 1. The van der Waals surface area contributed by atoms with Crippen LogP contribution in [-0.2, 0) is 9.53 Å². The van der Waals surface area contributed by atoms with Crippen molar-refractivity contribution in [2.45, 2.75) is 32.7 Å². The molecule has 0 amide bonds. The second-order valence-corrected chi connectivity index (χ2v) is 3.91. The Morgan fingerprint density at radius 1 is 1.38 bits per heavy atom. The van der Waals surface area contributed by atoms with E-state index in [4.69, 9.17) is 10.5 Å². The molecule has 1 rings (SSSR count). The SMILES string of the molecule is CCCCOC(=O)[C@@H](N)c1ccc(C)cc1. The number of hydrogen-bond acceptors (Lipinski definition) is 3. The second-order valence-electron chi connectivity index (χ2n) is 3.91. The molecule has 0 aliphatic carbocycles. The molecule has 0 unspecified atom stereocenters. The van der Waals surface area contributed by atoms with Crippen LogP contribution in [0.1, 0.15) is 36.9 Å². The topological polar surface area (TPSA) is 52.3 Å². The van der Waals surface area contributed by atoms with Crippen molar-refractivity contribution < 1.29 is 9.53 Å². The fraction of sp³-hybridized carbons (Fsp3) is 0.462. The molecule has 0 bridgehead atoms. The monoisotopic (exact) mass is 221 g/mol. The van der Waals surface area contributed by atoms with Crippen molar-refractivity contribution in [3.8, 4) is 0 Å². The van der Waals surface area contributed by atoms with E-state index in [9.17, 15) is 4.79 Å². The van der Waals surface area contributed by atoms with Gasteiger partial charge in [0.2, 0.25) is 0 Å². The van der Waals surface area contributed by atoms with Gasteiger partial charge in [-0.3, -0.25) is 0 Å². The van der Waals surface area contributed by atoms with E-state index in [1.807, 2.05) is 38.1 Å². The van der Waals surface area contributed by atoms with Crippen molar-refractivity contribution in [1.29, 1.82) is 0 Å². The van der Waals surface area contributed by atoms with Crippen molar-refractivity contribution in [3.63, 3.8) is 0 Å². The van der Waals surface area contributed by atoms with Crippen LogP contribution in [-0.4, -0.2) is 12.6 Å². The van der Waals surface area contributed by atoms with Crippen LogP contribution in [0.3, 0.4) is 0 Å². The number of benzene rings is 1. The average molecular weight is 221 g/mol. The van der Waals surface area contributed by atoms with Gasteiger partial charge in [-0.1, -0.05) is 43.2 Å². The Hall–Kier alpha value is -1.35. The summed E-state index contributed by atoms with van der Waals surface area (Å²) in [6, 6.07) is 6.93. The summed E-state index contributed by atoms with van der Waals surface area (Å²) in [5.41, 5.74) is 7.74. The van der Waals surface area contributed by atoms with Crippen LogP contribution in [0.25, 0.3) is 0 Å². The average Bonchev–Trinajstić information content (AvgIpc) is 2.29. The number of esters is 1. The molecular formula is C13H19NO2. The minimum Gasteiger partial charge on any atom is -0.464 e. The third kappa shape index (κ3) is 3.66. The zero-order valence-corrected chi connectivity index (χ0v) is 9.90. The van der Waals surface area contributed by atoms with Gasteiger partial charge < -0.3 is 10.5 Å². The number of carbonyl (C=O) groups excluding carboxylic acids is 1. The van der Waals surface area contributed by atoms with Crippen LogP contribution in [0.4, 0.5) is 0 Å². The highest BCUT2D eigenvalue weighted by Crippen LogP contribution is 2.13. The Balaban J connectivity index is 2.53. The standard InChI is InChI=1S/C13H19NO2/c1-3-4-9-16-13(15)12(14)11-7-5-10(2)6-8-11/h5-8,12H,3-4,9,14H2,1-2H3/t12-/m0/s1. The third-order valence-electron chi connectivity index (χ3n) is 2.43. The van der Waals surface area contributed by atoms with Crippen LogP contribution in [0.5, 0.6) is 0 Å². The van der Waals surface area contributed by atoms with E-state index in [0.29, 0.717) is 6.61 Å². The lowest BCUT2D eigenvalue weighted by molar-refractivity contribution is -0.145. The second kappa shape index (κ2) is 6.28. The predicted octanol–water partition coefficient (Wildman–Crippen LogP) is 2.34. The van der Waals surface area contributed by atoms with Gasteiger partial charge in [0.1, 0.15) is 6.04 Å². The highest BCUT2D eigenvalue weighted by molar-refractivity contribution is 5.77. The predicted molar refractivity (Wildman–Crippen MR) is 64.0 cm³/mol. The zero-order chi connectivity index (χ0) is 12.0. The van der Waals surface area contributed by atoms with Crippen LogP contribution < -0.4 is 5.73 Å². The quantitative estimate of drug-likeness (QED) is 0.613. The molecule has 2 N–H and O–H groups in total. The summed E-state index contributed by atoms with van der Waals surface area (Å²) >= 11 is 0. The maximum absolute atomic E-state index is 11.6. The number of unbranched alkanes of at least 4 members (excludes halogenated alkanes) is 1. The van der Waals surface area contributed by atoms with Gasteiger partial charge in [0.05, 0.1) is 6.61 Å². The smallest absolute Gasteiger partial charge is 0.327 e. The van der Waals surface area contributed by atoms with E-state index in [1.54, 1.807) is 0 Å². The molecule has 0 fully saturated rings. The van der Waals surface area contributed by atoms with Gasteiger partial charge >= 0.3 is 5.97 Å². The molecule has 0 saturated heterocycles. The molecule has 16 heavy (non-hydrogen) atoms. The van der Waals surface area contributed by atoms with E-state index in [-0.39, 0.29) is 5.97 Å². The van der Waals surface area contributed by atoms with Gasteiger partial charge in [-0.2, -0.15) is 0 Å². The lowest BCUT2D eigenvalue weighted by atomic mass is 10.1. The van der Waals surface area contributed by atoms with Crippen LogP contribution >= 0.6 is 0 Å². The van der Waals surface area contributed by atoms with Gasteiger partial charge in [0.25, 0.3) is 0 Å². The van der Waals surface area contributed by atoms with E-state index in [2.05, 4.69) is 0 Å².